The molecule has 4 rings (SSSR count). The van der Waals surface area contributed by atoms with Crippen LogP contribution in [0.5, 0.6) is 0 Å². The smallest absolute Gasteiger partial charge is 0.185 e. The second kappa shape index (κ2) is 7.20. The maximum atomic E-state index is 12.2. The van der Waals surface area contributed by atoms with Gasteiger partial charge in [0.15, 0.2) is 5.78 Å². The maximum absolute atomic E-state index is 12.2. The van der Waals surface area contributed by atoms with Crippen LogP contribution in [0.25, 0.3) is 28.0 Å². The molecular formula is C25H18O. The Labute approximate surface area is 153 Å². The number of fused-ring (bicyclic) bond motifs is 1. The summed E-state index contributed by atoms with van der Waals surface area (Å²) < 4.78 is 0. The Morgan fingerprint density at radius 2 is 1.35 bits per heavy atom. The van der Waals surface area contributed by atoms with Crippen LogP contribution < -0.4 is 0 Å². The van der Waals surface area contributed by atoms with Crippen molar-refractivity contribution in [2.75, 3.05) is 0 Å². The first-order valence-electron chi connectivity index (χ1n) is 8.67. The minimum atomic E-state index is 0.0173. The average Bonchev–Trinajstić information content (AvgIpc) is 2.72. The van der Waals surface area contributed by atoms with Crippen LogP contribution in [0.3, 0.4) is 0 Å². The fourth-order valence-corrected chi connectivity index (χ4v) is 3.12. The van der Waals surface area contributed by atoms with Gasteiger partial charge in [0.05, 0.1) is 0 Å². The fourth-order valence-electron chi connectivity index (χ4n) is 3.12. The van der Waals surface area contributed by atoms with E-state index in [-0.39, 0.29) is 5.78 Å². The number of hydrogen-bond acceptors (Lipinski definition) is 1. The van der Waals surface area contributed by atoms with Gasteiger partial charge in [0.2, 0.25) is 0 Å². The summed E-state index contributed by atoms with van der Waals surface area (Å²) in [5.41, 5.74) is 4.11. The number of allylic oxidation sites excluding steroid dienone is 1. The van der Waals surface area contributed by atoms with Gasteiger partial charge < -0.3 is 0 Å². The lowest BCUT2D eigenvalue weighted by Crippen LogP contribution is -1.92. The topological polar surface area (TPSA) is 17.1 Å². The van der Waals surface area contributed by atoms with Crippen molar-refractivity contribution in [1.29, 1.82) is 0 Å². The summed E-state index contributed by atoms with van der Waals surface area (Å²) in [5.74, 6) is 0.0173. The van der Waals surface area contributed by atoms with Crippen LogP contribution in [-0.2, 0) is 0 Å². The Morgan fingerprint density at radius 3 is 2.15 bits per heavy atom. The molecule has 4 aromatic carbocycles. The van der Waals surface area contributed by atoms with Crippen molar-refractivity contribution >= 4 is 22.6 Å². The summed E-state index contributed by atoms with van der Waals surface area (Å²) in [5, 5.41) is 2.49. The maximum Gasteiger partial charge on any atom is 0.185 e. The first-order chi connectivity index (χ1) is 12.8. The molecule has 4 aromatic rings. The molecule has 0 saturated carbocycles. The Bertz CT molecular complexity index is 1070. The first-order valence-corrected chi connectivity index (χ1v) is 8.67. The van der Waals surface area contributed by atoms with E-state index >= 15 is 0 Å². The third-order valence-corrected chi connectivity index (χ3v) is 4.50. The van der Waals surface area contributed by atoms with E-state index in [1.165, 1.54) is 21.9 Å². The lowest BCUT2D eigenvalue weighted by atomic mass is 9.97. The molecule has 0 unspecified atom stereocenters. The normalized spacial score (nSPS) is 11.1. The second-order valence-corrected chi connectivity index (χ2v) is 6.21. The first kappa shape index (κ1) is 16.0. The zero-order valence-electron chi connectivity index (χ0n) is 14.3. The Morgan fingerprint density at radius 1 is 0.654 bits per heavy atom. The van der Waals surface area contributed by atoms with E-state index in [9.17, 15) is 4.79 Å². The molecular weight excluding hydrogens is 316 g/mol. The summed E-state index contributed by atoms with van der Waals surface area (Å²) in [7, 11) is 0. The zero-order chi connectivity index (χ0) is 17.8. The van der Waals surface area contributed by atoms with Crippen LogP contribution in [0.15, 0.2) is 103 Å². The van der Waals surface area contributed by atoms with Gasteiger partial charge in [-0.25, -0.2) is 0 Å². The molecule has 0 heterocycles. The number of carbonyl (C=O) groups excluding carboxylic acids is 1. The molecule has 0 aliphatic carbocycles. The molecule has 0 aliphatic heterocycles. The van der Waals surface area contributed by atoms with Gasteiger partial charge in [-0.3, -0.25) is 4.79 Å². The van der Waals surface area contributed by atoms with E-state index in [0.717, 1.165) is 5.56 Å². The monoisotopic (exact) mass is 334 g/mol. The van der Waals surface area contributed by atoms with Crippen LogP contribution in [0.2, 0.25) is 0 Å². The SMILES string of the molecule is O=C(/C=C/c1ccc(-c2cccc3ccccc23)cc1)c1ccccc1. The van der Waals surface area contributed by atoms with Gasteiger partial charge in [-0.2, -0.15) is 0 Å². The van der Waals surface area contributed by atoms with Crippen molar-refractivity contribution in [2.24, 2.45) is 0 Å². The molecule has 0 aliphatic rings. The number of benzene rings is 4. The minimum absolute atomic E-state index is 0.0173. The van der Waals surface area contributed by atoms with Crippen LogP contribution in [-0.4, -0.2) is 5.78 Å². The van der Waals surface area contributed by atoms with Crippen molar-refractivity contribution in [1.82, 2.24) is 0 Å². The van der Waals surface area contributed by atoms with Crippen molar-refractivity contribution in [2.45, 2.75) is 0 Å². The Hall–Kier alpha value is -3.45. The highest BCUT2D eigenvalue weighted by Gasteiger charge is 2.03. The summed E-state index contributed by atoms with van der Waals surface area (Å²) in [4.78, 5) is 12.2. The van der Waals surface area contributed by atoms with Crippen LogP contribution in [0.4, 0.5) is 0 Å². The highest BCUT2D eigenvalue weighted by atomic mass is 16.1. The third kappa shape index (κ3) is 3.33. The van der Waals surface area contributed by atoms with E-state index in [4.69, 9.17) is 0 Å². The van der Waals surface area contributed by atoms with Gasteiger partial charge in [0.1, 0.15) is 0 Å². The Kier molecular flexibility index (Phi) is 4.44. The van der Waals surface area contributed by atoms with E-state index in [1.54, 1.807) is 6.08 Å². The fraction of sp³-hybridized carbons (Fsp3) is 0. The molecule has 0 spiro atoms. The van der Waals surface area contributed by atoms with Gasteiger partial charge in [-0.1, -0.05) is 103 Å². The van der Waals surface area contributed by atoms with Crippen LogP contribution in [0.1, 0.15) is 15.9 Å². The summed E-state index contributed by atoms with van der Waals surface area (Å²) in [6.07, 6.45) is 3.49. The average molecular weight is 334 g/mol. The van der Waals surface area contributed by atoms with E-state index in [1.807, 2.05) is 48.5 Å². The number of carbonyl (C=O) groups is 1. The summed E-state index contributed by atoms with van der Waals surface area (Å²) in [6.45, 7) is 0. The predicted octanol–water partition coefficient (Wildman–Crippen LogP) is 6.40. The van der Waals surface area contributed by atoms with E-state index in [0.29, 0.717) is 5.56 Å². The quantitative estimate of drug-likeness (QED) is 0.311. The highest BCUT2D eigenvalue weighted by Crippen LogP contribution is 2.28. The van der Waals surface area contributed by atoms with Crippen molar-refractivity contribution in [3.8, 4) is 11.1 Å². The van der Waals surface area contributed by atoms with Crippen LogP contribution in [0, 0.1) is 0 Å². The second-order valence-electron chi connectivity index (χ2n) is 6.21. The largest absolute Gasteiger partial charge is 0.289 e. The lowest BCUT2D eigenvalue weighted by Gasteiger charge is -2.07. The molecule has 0 N–H and O–H groups in total. The molecule has 0 radical (unpaired) electrons. The summed E-state index contributed by atoms with van der Waals surface area (Å²) in [6, 6.07) is 32.4. The minimum Gasteiger partial charge on any atom is -0.289 e. The molecule has 0 aromatic heterocycles. The molecule has 124 valence electrons. The van der Waals surface area contributed by atoms with E-state index < -0.39 is 0 Å². The van der Waals surface area contributed by atoms with Gasteiger partial charge in [0.25, 0.3) is 0 Å². The van der Waals surface area contributed by atoms with E-state index in [2.05, 4.69) is 54.6 Å². The predicted molar refractivity (Wildman–Crippen MR) is 109 cm³/mol. The molecule has 0 bridgehead atoms. The van der Waals surface area contributed by atoms with Gasteiger partial charge in [-0.05, 0) is 33.5 Å². The molecule has 1 heteroatoms. The number of hydrogen-bond donors (Lipinski definition) is 0. The van der Waals surface area contributed by atoms with Crippen molar-refractivity contribution in [3.63, 3.8) is 0 Å². The molecule has 26 heavy (non-hydrogen) atoms. The molecule has 0 fully saturated rings. The van der Waals surface area contributed by atoms with Gasteiger partial charge >= 0.3 is 0 Å². The van der Waals surface area contributed by atoms with Crippen molar-refractivity contribution < 1.29 is 4.79 Å². The van der Waals surface area contributed by atoms with Crippen LogP contribution >= 0.6 is 0 Å². The lowest BCUT2D eigenvalue weighted by molar-refractivity contribution is 0.104. The zero-order valence-corrected chi connectivity index (χ0v) is 14.3. The van der Waals surface area contributed by atoms with Gasteiger partial charge in [-0.15, -0.1) is 0 Å². The van der Waals surface area contributed by atoms with Gasteiger partial charge in [0, 0.05) is 5.56 Å². The Balaban J connectivity index is 1.59. The molecule has 0 atom stereocenters. The third-order valence-electron chi connectivity index (χ3n) is 4.50. The standard InChI is InChI=1S/C25H18O/c26-25(22-8-2-1-3-9-22)18-15-19-13-16-21(17-14-19)24-12-6-10-20-7-4-5-11-23(20)24/h1-18H/b18-15+. The molecule has 0 amide bonds. The highest BCUT2D eigenvalue weighted by molar-refractivity contribution is 6.06. The molecule has 1 nitrogen and oxygen atoms in total. The van der Waals surface area contributed by atoms with Crippen molar-refractivity contribution in [3.05, 3.63) is 114 Å². The number of ketones is 1. The summed E-state index contributed by atoms with van der Waals surface area (Å²) >= 11 is 0. The molecule has 0 saturated heterocycles. The number of rotatable bonds is 4.